The maximum absolute atomic E-state index is 10.2. The zero-order chi connectivity index (χ0) is 16.1. The lowest BCUT2D eigenvalue weighted by molar-refractivity contribution is 0.474. The maximum atomic E-state index is 10.2. The molecule has 0 aliphatic rings. The Labute approximate surface area is 141 Å². The van der Waals surface area contributed by atoms with Crippen LogP contribution in [0.5, 0.6) is 5.75 Å². The molecule has 0 fully saturated rings. The average molecular weight is 336 g/mol. The highest BCUT2D eigenvalue weighted by molar-refractivity contribution is 6.36. The number of aliphatic imine (C=N–C) groups is 1. The number of nitrogens with zero attached hydrogens (tertiary/aromatic N) is 1. The highest BCUT2D eigenvalue weighted by atomic mass is 35.5. The van der Waals surface area contributed by atoms with Gasteiger partial charge in [-0.05, 0) is 30.2 Å². The fourth-order valence-electron chi connectivity index (χ4n) is 2.04. The van der Waals surface area contributed by atoms with Crippen LogP contribution in [0.1, 0.15) is 31.4 Å². The van der Waals surface area contributed by atoms with Gasteiger partial charge in [0.05, 0.1) is 5.71 Å². The van der Waals surface area contributed by atoms with E-state index >= 15 is 0 Å². The van der Waals surface area contributed by atoms with Gasteiger partial charge >= 0.3 is 0 Å². The van der Waals surface area contributed by atoms with Gasteiger partial charge in [-0.1, -0.05) is 61.7 Å². The summed E-state index contributed by atoms with van der Waals surface area (Å²) >= 11 is 12.4. The third-order valence-electron chi connectivity index (χ3n) is 3.60. The molecule has 2 nitrogen and oxygen atoms in total. The van der Waals surface area contributed by atoms with E-state index in [-0.39, 0.29) is 5.75 Å². The highest BCUT2D eigenvalue weighted by Crippen LogP contribution is 2.28. The van der Waals surface area contributed by atoms with Crippen molar-refractivity contribution in [3.63, 3.8) is 0 Å². The van der Waals surface area contributed by atoms with Gasteiger partial charge in [0.1, 0.15) is 5.75 Å². The predicted octanol–water partition coefficient (Wildman–Crippen LogP) is 5.58. The van der Waals surface area contributed by atoms with Gasteiger partial charge in [0, 0.05) is 27.7 Å². The van der Waals surface area contributed by atoms with Crippen LogP contribution in [-0.4, -0.2) is 17.4 Å². The van der Waals surface area contributed by atoms with Crippen LogP contribution < -0.4 is 0 Å². The molecule has 2 aromatic rings. The Kier molecular flexibility index (Phi) is 5.87. The van der Waals surface area contributed by atoms with Crippen LogP contribution in [0.3, 0.4) is 0 Å². The zero-order valence-corrected chi connectivity index (χ0v) is 14.2. The maximum Gasteiger partial charge on any atom is 0.125 e. The number of halogens is 2. The molecule has 116 valence electrons. The third-order valence-corrected chi connectivity index (χ3v) is 4.17. The Hall–Kier alpha value is -1.51. The standard InChI is InChI=1S/C18H19Cl2NO/c1-3-12(2)11-21-18(14-6-4-5-7-16(14)20)15-10-13(19)8-9-17(15)22/h4-10,12,22H,3,11H2,1-2H3. The number of rotatable bonds is 5. The summed E-state index contributed by atoms with van der Waals surface area (Å²) in [6.45, 7) is 4.95. The fourth-order valence-corrected chi connectivity index (χ4v) is 2.44. The normalized spacial score (nSPS) is 13.2. The minimum absolute atomic E-state index is 0.146. The molecule has 1 unspecified atom stereocenters. The van der Waals surface area contributed by atoms with Crippen molar-refractivity contribution in [2.75, 3.05) is 6.54 Å². The zero-order valence-electron chi connectivity index (χ0n) is 12.7. The van der Waals surface area contributed by atoms with Crippen molar-refractivity contribution in [2.45, 2.75) is 20.3 Å². The minimum atomic E-state index is 0.146. The predicted molar refractivity (Wildman–Crippen MR) is 94.5 cm³/mol. The molecule has 2 rings (SSSR count). The van der Waals surface area contributed by atoms with Gasteiger partial charge in [0.2, 0.25) is 0 Å². The lowest BCUT2D eigenvalue weighted by Gasteiger charge is -2.13. The highest BCUT2D eigenvalue weighted by Gasteiger charge is 2.15. The number of benzene rings is 2. The topological polar surface area (TPSA) is 32.6 Å². The largest absolute Gasteiger partial charge is 0.507 e. The Balaban J connectivity index is 2.55. The Bertz CT molecular complexity index is 683. The molecule has 0 saturated carbocycles. The Morgan fingerprint density at radius 1 is 1.14 bits per heavy atom. The van der Waals surface area contributed by atoms with Crippen LogP contribution in [0.15, 0.2) is 47.5 Å². The van der Waals surface area contributed by atoms with Crippen molar-refractivity contribution in [3.8, 4) is 5.75 Å². The molecule has 0 bridgehead atoms. The molecular formula is C18H19Cl2NO. The molecule has 0 spiro atoms. The van der Waals surface area contributed by atoms with Crippen molar-refractivity contribution in [1.82, 2.24) is 0 Å². The van der Waals surface area contributed by atoms with Crippen molar-refractivity contribution in [3.05, 3.63) is 63.6 Å². The van der Waals surface area contributed by atoms with Crippen LogP contribution in [-0.2, 0) is 0 Å². The molecule has 0 aromatic heterocycles. The summed E-state index contributed by atoms with van der Waals surface area (Å²) in [5.74, 6) is 0.603. The van der Waals surface area contributed by atoms with Gasteiger partial charge in [-0.25, -0.2) is 0 Å². The SMILES string of the molecule is CCC(C)CN=C(c1cc(Cl)ccc1O)c1ccccc1Cl. The molecule has 0 saturated heterocycles. The van der Waals surface area contributed by atoms with E-state index in [0.717, 1.165) is 12.0 Å². The molecule has 0 amide bonds. The van der Waals surface area contributed by atoms with Crippen molar-refractivity contribution in [1.29, 1.82) is 0 Å². The second-order valence-corrected chi connectivity index (χ2v) is 6.19. The van der Waals surface area contributed by atoms with E-state index in [0.29, 0.717) is 33.8 Å². The lowest BCUT2D eigenvalue weighted by Crippen LogP contribution is -2.08. The van der Waals surface area contributed by atoms with Crippen molar-refractivity contribution >= 4 is 28.9 Å². The molecule has 2 aromatic carbocycles. The summed E-state index contributed by atoms with van der Waals surface area (Å²) < 4.78 is 0. The first kappa shape index (κ1) is 16.9. The van der Waals surface area contributed by atoms with E-state index in [1.165, 1.54) is 0 Å². The van der Waals surface area contributed by atoms with Gasteiger partial charge in [-0.15, -0.1) is 0 Å². The number of phenols is 1. The van der Waals surface area contributed by atoms with Gasteiger partial charge < -0.3 is 5.11 Å². The van der Waals surface area contributed by atoms with Crippen LogP contribution >= 0.6 is 23.2 Å². The van der Waals surface area contributed by atoms with Crippen molar-refractivity contribution in [2.24, 2.45) is 10.9 Å². The molecule has 0 aliphatic carbocycles. The average Bonchev–Trinajstić information content (AvgIpc) is 2.52. The van der Waals surface area contributed by atoms with E-state index in [2.05, 4.69) is 13.8 Å². The molecule has 0 aliphatic heterocycles. The third kappa shape index (κ3) is 4.02. The second-order valence-electron chi connectivity index (χ2n) is 5.34. The van der Waals surface area contributed by atoms with Crippen LogP contribution in [0.4, 0.5) is 0 Å². The van der Waals surface area contributed by atoms with E-state index in [4.69, 9.17) is 28.2 Å². The molecule has 1 atom stereocenters. The summed E-state index contributed by atoms with van der Waals surface area (Å²) in [5, 5.41) is 11.4. The summed E-state index contributed by atoms with van der Waals surface area (Å²) in [6, 6.07) is 12.4. The number of phenolic OH excluding ortho intramolecular Hbond substituents is 1. The van der Waals surface area contributed by atoms with Gasteiger partial charge in [-0.3, -0.25) is 4.99 Å². The molecule has 22 heavy (non-hydrogen) atoms. The van der Waals surface area contributed by atoms with Gasteiger partial charge in [0.25, 0.3) is 0 Å². The quantitative estimate of drug-likeness (QED) is 0.710. The first-order valence-corrected chi connectivity index (χ1v) is 8.06. The monoisotopic (exact) mass is 335 g/mol. The second kappa shape index (κ2) is 7.66. The number of hydrogen-bond acceptors (Lipinski definition) is 2. The molecule has 1 N–H and O–H groups in total. The van der Waals surface area contributed by atoms with Crippen LogP contribution in [0.2, 0.25) is 10.0 Å². The van der Waals surface area contributed by atoms with E-state index in [1.54, 1.807) is 18.2 Å². The first-order valence-electron chi connectivity index (χ1n) is 7.31. The van der Waals surface area contributed by atoms with Crippen molar-refractivity contribution < 1.29 is 5.11 Å². The van der Waals surface area contributed by atoms with E-state index < -0.39 is 0 Å². The van der Waals surface area contributed by atoms with Gasteiger partial charge in [0.15, 0.2) is 0 Å². The Morgan fingerprint density at radius 3 is 2.55 bits per heavy atom. The summed E-state index contributed by atoms with van der Waals surface area (Å²) in [5.41, 5.74) is 2.07. The minimum Gasteiger partial charge on any atom is -0.507 e. The smallest absolute Gasteiger partial charge is 0.125 e. The summed E-state index contributed by atoms with van der Waals surface area (Å²) in [6.07, 6.45) is 1.04. The van der Waals surface area contributed by atoms with E-state index in [9.17, 15) is 5.11 Å². The first-order chi connectivity index (χ1) is 10.5. The molecule has 0 heterocycles. The molecule has 0 radical (unpaired) electrons. The van der Waals surface area contributed by atoms with Crippen LogP contribution in [0, 0.1) is 5.92 Å². The van der Waals surface area contributed by atoms with Gasteiger partial charge in [-0.2, -0.15) is 0 Å². The Morgan fingerprint density at radius 2 is 1.86 bits per heavy atom. The number of aromatic hydroxyl groups is 1. The fraction of sp³-hybridized carbons (Fsp3) is 0.278. The summed E-state index contributed by atoms with van der Waals surface area (Å²) in [4.78, 5) is 4.71. The number of hydrogen-bond donors (Lipinski definition) is 1. The lowest BCUT2D eigenvalue weighted by atomic mass is 10.0. The molecular weight excluding hydrogens is 317 g/mol. The van der Waals surface area contributed by atoms with E-state index in [1.807, 2.05) is 24.3 Å². The summed E-state index contributed by atoms with van der Waals surface area (Å²) in [7, 11) is 0. The molecule has 4 heteroatoms. The van der Waals surface area contributed by atoms with Crippen LogP contribution in [0.25, 0.3) is 0 Å².